The van der Waals surface area contributed by atoms with Gasteiger partial charge in [0.1, 0.15) is 54.1 Å². The minimum Gasteiger partial charge on any atom is -0.497 e. The summed E-state index contributed by atoms with van der Waals surface area (Å²) in [4.78, 5) is 32.1. The first-order valence-corrected chi connectivity index (χ1v) is 21.4. The minimum absolute atomic E-state index is 0.0126. The van der Waals surface area contributed by atoms with Crippen molar-refractivity contribution in [2.75, 3.05) is 40.0 Å². The summed E-state index contributed by atoms with van der Waals surface area (Å²) in [6, 6.07) is 29.6. The van der Waals surface area contributed by atoms with E-state index in [9.17, 15) is 20.1 Å². The van der Waals surface area contributed by atoms with E-state index in [1.165, 1.54) is 23.8 Å². The van der Waals surface area contributed by atoms with Crippen LogP contribution in [0.3, 0.4) is 0 Å². The fourth-order valence-electron chi connectivity index (χ4n) is 7.35. The number of carbonyl (C=O) groups excluding carboxylic acids is 1. The molecule has 0 saturated carbocycles. The summed E-state index contributed by atoms with van der Waals surface area (Å²) in [7, 11) is 1.15. The van der Waals surface area contributed by atoms with Gasteiger partial charge in [0.15, 0.2) is 12.0 Å². The van der Waals surface area contributed by atoms with Crippen LogP contribution in [0.2, 0.25) is 0 Å². The lowest BCUT2D eigenvalue weighted by molar-refractivity contribution is -0.163. The average molecular weight is 871 g/mol. The van der Waals surface area contributed by atoms with E-state index in [4.69, 9.17) is 43.2 Å². The van der Waals surface area contributed by atoms with Crippen LogP contribution in [0.5, 0.6) is 11.5 Å². The van der Waals surface area contributed by atoms with Crippen LogP contribution in [-0.2, 0) is 38.4 Å². The zero-order valence-electron chi connectivity index (χ0n) is 36.1. The number of hydrogen-bond acceptors (Lipinski definition) is 15. The first-order chi connectivity index (χ1) is 29.9. The number of nitriles is 2. The van der Waals surface area contributed by atoms with Crippen LogP contribution in [0.1, 0.15) is 70.4 Å². The van der Waals surface area contributed by atoms with E-state index in [0.717, 1.165) is 0 Å². The summed E-state index contributed by atoms with van der Waals surface area (Å²) in [6.07, 6.45) is -4.76. The molecule has 16 nitrogen and oxygen atoms in total. The topological polar surface area (TPSA) is 203 Å². The van der Waals surface area contributed by atoms with Gasteiger partial charge in [0.25, 0.3) is 8.53 Å². The van der Waals surface area contributed by atoms with Gasteiger partial charge in [-0.05, 0) is 81.6 Å². The molecule has 1 aromatic heterocycles. The van der Waals surface area contributed by atoms with Crippen molar-refractivity contribution < 1.29 is 42.3 Å². The molecular formula is C45H55N6O10P. The smallest absolute Gasteiger partial charge is 0.351 e. The van der Waals surface area contributed by atoms with Gasteiger partial charge < -0.3 is 43.2 Å². The zero-order chi connectivity index (χ0) is 44.8. The number of Topliss-reactive ketones (excluding diaryl/α,β-unsaturated/α-hetero) is 1. The van der Waals surface area contributed by atoms with Crippen LogP contribution in [0.25, 0.3) is 0 Å². The van der Waals surface area contributed by atoms with Crippen LogP contribution in [-0.4, -0.2) is 90.7 Å². The Balaban J connectivity index is 1.77. The SMILES string of the molecule is COc1ccc(C(OC(C(C)=O)[C@H]2O[C@@H](n3ccc(N)nc3=O)[C@H](OCOCCC#N)[C@@H]2OP(OCCC#N)N(C(C)C)C(C)C)(c2ccccc2)c2ccc(OC)cc2)cc1. The second-order valence-corrected chi connectivity index (χ2v) is 16.3. The van der Waals surface area contributed by atoms with Crippen molar-refractivity contribution in [1.82, 2.24) is 14.2 Å². The summed E-state index contributed by atoms with van der Waals surface area (Å²) in [6.45, 7) is 9.15. The Bertz CT molecular complexity index is 2120. The molecule has 0 spiro atoms. The molecule has 1 aliphatic rings. The van der Waals surface area contributed by atoms with E-state index in [1.807, 2.05) is 117 Å². The number of hydrogen-bond donors (Lipinski definition) is 1. The number of benzene rings is 3. The molecule has 17 heteroatoms. The number of aromatic nitrogens is 2. The quantitative estimate of drug-likeness (QED) is 0.0359. The molecule has 0 amide bonds. The number of nitrogens with two attached hydrogens (primary N) is 1. The minimum atomic E-state index is -2.00. The summed E-state index contributed by atoms with van der Waals surface area (Å²) < 4.78 is 54.2. The molecule has 2 unspecified atom stereocenters. The lowest BCUT2D eigenvalue weighted by atomic mass is 9.79. The van der Waals surface area contributed by atoms with Gasteiger partial charge in [0.05, 0.1) is 52.4 Å². The van der Waals surface area contributed by atoms with E-state index < -0.39 is 56.2 Å². The molecular weight excluding hydrogens is 816 g/mol. The second kappa shape index (κ2) is 22.7. The highest BCUT2D eigenvalue weighted by Gasteiger charge is 2.56. The predicted octanol–water partition coefficient (Wildman–Crippen LogP) is 6.64. The average Bonchev–Trinajstić information content (AvgIpc) is 3.60. The third-order valence-corrected chi connectivity index (χ3v) is 12.2. The largest absolute Gasteiger partial charge is 0.497 e. The molecule has 1 fully saturated rings. The molecule has 2 N–H and O–H groups in total. The molecule has 62 heavy (non-hydrogen) atoms. The van der Waals surface area contributed by atoms with Gasteiger partial charge in [-0.1, -0.05) is 54.6 Å². The Hall–Kier alpha value is -5.26. The van der Waals surface area contributed by atoms with Gasteiger partial charge in [-0.25, -0.2) is 9.46 Å². The second-order valence-electron chi connectivity index (χ2n) is 14.9. The molecule has 0 aliphatic carbocycles. The van der Waals surface area contributed by atoms with Crippen molar-refractivity contribution in [3.05, 3.63) is 118 Å². The fourth-order valence-corrected chi connectivity index (χ4v) is 9.10. The van der Waals surface area contributed by atoms with Gasteiger partial charge in [-0.2, -0.15) is 15.5 Å². The molecule has 1 aliphatic heterocycles. The Morgan fingerprint density at radius 1 is 0.871 bits per heavy atom. The zero-order valence-corrected chi connectivity index (χ0v) is 37.0. The highest BCUT2D eigenvalue weighted by molar-refractivity contribution is 7.44. The van der Waals surface area contributed by atoms with Crippen molar-refractivity contribution in [2.24, 2.45) is 0 Å². The van der Waals surface area contributed by atoms with E-state index in [2.05, 4.69) is 11.1 Å². The molecule has 5 rings (SSSR count). The van der Waals surface area contributed by atoms with E-state index >= 15 is 0 Å². The van der Waals surface area contributed by atoms with Crippen molar-refractivity contribution in [1.29, 1.82) is 10.5 Å². The van der Waals surface area contributed by atoms with E-state index in [0.29, 0.717) is 28.2 Å². The van der Waals surface area contributed by atoms with Gasteiger partial charge in [-0.3, -0.25) is 9.36 Å². The standard InChI is InChI=1S/C45H55N6O10P/c1-30(2)51(31(3)4)62(58-28-12-25-47)61-41-40(59-43(42(41)57-29-56-27-11-24-46)50-26-23-38(48)49-44(50)53)39(32(5)52)60-45(33-13-9-8-10-14-33,34-15-19-36(54-6)20-16-34)35-17-21-37(55-7)22-18-35/h8-10,13-23,26,30-31,39-43H,11-12,27-29H2,1-7H3,(H2,48,49,53)/t39?,40-,41-,42-,43-,62?/m1/s1. The van der Waals surface area contributed by atoms with Crippen LogP contribution < -0.4 is 20.9 Å². The first kappa shape index (κ1) is 47.8. The molecule has 4 aromatic rings. The maximum Gasteiger partial charge on any atom is 0.351 e. The third kappa shape index (κ3) is 11.2. The van der Waals surface area contributed by atoms with Gasteiger partial charge in [0, 0.05) is 18.3 Å². The van der Waals surface area contributed by atoms with Crippen LogP contribution in [0, 0.1) is 22.7 Å². The number of methoxy groups -OCH3 is 2. The monoisotopic (exact) mass is 870 g/mol. The molecule has 0 bridgehead atoms. The van der Waals surface area contributed by atoms with Crippen molar-refractivity contribution in [3.63, 3.8) is 0 Å². The fraction of sp³-hybridized carbons (Fsp3) is 0.444. The Morgan fingerprint density at radius 2 is 1.44 bits per heavy atom. The Morgan fingerprint density at radius 3 is 1.95 bits per heavy atom. The number of nitrogens with zero attached hydrogens (tertiary/aromatic N) is 5. The van der Waals surface area contributed by atoms with Crippen molar-refractivity contribution >= 4 is 20.1 Å². The van der Waals surface area contributed by atoms with Gasteiger partial charge >= 0.3 is 5.69 Å². The lowest BCUT2D eigenvalue weighted by Crippen LogP contribution is -2.50. The summed E-state index contributed by atoms with van der Waals surface area (Å²) in [5.41, 5.74) is 5.67. The van der Waals surface area contributed by atoms with Crippen molar-refractivity contribution in [2.45, 2.75) is 95.8 Å². The molecule has 3 aromatic carbocycles. The molecule has 1 saturated heterocycles. The lowest BCUT2D eigenvalue weighted by Gasteiger charge is -2.41. The summed E-state index contributed by atoms with van der Waals surface area (Å²) in [5, 5.41) is 18.7. The number of anilines is 1. The number of ketones is 1. The third-order valence-electron chi connectivity index (χ3n) is 10.1. The molecule has 2 heterocycles. The van der Waals surface area contributed by atoms with Crippen LogP contribution in [0.15, 0.2) is 95.9 Å². The number of carbonyl (C=O) groups is 1. The summed E-state index contributed by atoms with van der Waals surface area (Å²) in [5.74, 6) is 0.764. The number of nitrogen functional groups attached to an aromatic ring is 1. The number of ether oxygens (including phenoxy) is 6. The Labute approximate surface area is 363 Å². The van der Waals surface area contributed by atoms with E-state index in [1.54, 1.807) is 14.2 Å². The van der Waals surface area contributed by atoms with Gasteiger partial charge in [0.2, 0.25) is 0 Å². The number of rotatable bonds is 23. The molecule has 6 atom stereocenters. The highest BCUT2D eigenvalue weighted by Crippen LogP contribution is 2.52. The van der Waals surface area contributed by atoms with E-state index in [-0.39, 0.29) is 50.7 Å². The maximum atomic E-state index is 14.5. The molecule has 0 radical (unpaired) electrons. The highest BCUT2D eigenvalue weighted by atomic mass is 31.2. The molecule has 330 valence electrons. The van der Waals surface area contributed by atoms with Crippen molar-refractivity contribution in [3.8, 4) is 23.6 Å². The van der Waals surface area contributed by atoms with Crippen LogP contribution in [0.4, 0.5) is 5.82 Å². The maximum absolute atomic E-state index is 14.5. The van der Waals surface area contributed by atoms with Crippen LogP contribution >= 0.6 is 8.53 Å². The van der Waals surface area contributed by atoms with Gasteiger partial charge in [-0.15, -0.1) is 0 Å². The normalized spacial score (nSPS) is 18.6. The first-order valence-electron chi connectivity index (χ1n) is 20.2. The Kier molecular flexibility index (Phi) is 17.5. The summed E-state index contributed by atoms with van der Waals surface area (Å²) >= 11 is 0. The predicted molar refractivity (Wildman–Crippen MR) is 231 cm³/mol.